The van der Waals surface area contributed by atoms with Gasteiger partial charge in [0, 0.05) is 13.1 Å². The Kier molecular flexibility index (Phi) is 12.3. The average molecular weight is 626 g/mol. The van der Waals surface area contributed by atoms with E-state index in [-0.39, 0.29) is 19.7 Å². The molecule has 3 unspecified atom stereocenters. The van der Waals surface area contributed by atoms with Crippen molar-refractivity contribution < 1.29 is 33.5 Å². The third-order valence-electron chi connectivity index (χ3n) is 8.27. The number of carbonyl (C=O) groups is 6. The van der Waals surface area contributed by atoms with E-state index in [9.17, 15) is 28.8 Å². The highest BCUT2D eigenvalue weighted by Gasteiger charge is 2.46. The van der Waals surface area contributed by atoms with Crippen LogP contribution in [-0.4, -0.2) is 77.2 Å². The summed E-state index contributed by atoms with van der Waals surface area (Å²) in [5, 5.41) is 10.6. The number of rotatable bonds is 12. The van der Waals surface area contributed by atoms with E-state index in [1.807, 2.05) is 30.3 Å². The molecule has 0 spiro atoms. The topological polar surface area (TPSA) is 163 Å². The Morgan fingerprint density at radius 3 is 2.31 bits per heavy atom. The van der Waals surface area contributed by atoms with E-state index in [0.29, 0.717) is 25.7 Å². The monoisotopic (exact) mass is 625 g/mol. The van der Waals surface area contributed by atoms with Gasteiger partial charge in [-0.15, -0.1) is 6.58 Å². The van der Waals surface area contributed by atoms with E-state index >= 15 is 0 Å². The number of ether oxygens (including phenoxy) is 1. The summed E-state index contributed by atoms with van der Waals surface area (Å²) in [4.78, 5) is 79.8. The van der Waals surface area contributed by atoms with Gasteiger partial charge in [0.15, 0.2) is 0 Å². The Balaban J connectivity index is 1.69. The molecule has 2 fully saturated rings. The van der Waals surface area contributed by atoms with E-state index in [2.05, 4.69) is 27.8 Å². The summed E-state index contributed by atoms with van der Waals surface area (Å²) in [5.74, 6) is -3.19. The molecule has 1 aliphatic carbocycles. The van der Waals surface area contributed by atoms with Crippen LogP contribution in [0, 0.1) is 5.41 Å². The van der Waals surface area contributed by atoms with Gasteiger partial charge in [0.05, 0.1) is 6.04 Å². The number of carbonyl (C=O) groups excluding carboxylic acids is 6. The van der Waals surface area contributed by atoms with Crippen molar-refractivity contribution >= 4 is 35.5 Å². The van der Waals surface area contributed by atoms with Crippen molar-refractivity contribution in [1.29, 1.82) is 0 Å². The number of esters is 1. The number of ketones is 1. The first-order chi connectivity index (χ1) is 21.3. The molecular weight excluding hydrogens is 578 g/mol. The smallest absolute Gasteiger partial charge is 0.332 e. The maximum Gasteiger partial charge on any atom is 0.332 e. The summed E-state index contributed by atoms with van der Waals surface area (Å²) >= 11 is 0. The molecule has 1 aromatic carbocycles. The first-order valence-corrected chi connectivity index (χ1v) is 15.6. The number of nitrogens with zero attached hydrogens (tertiary/aromatic N) is 1. The van der Waals surface area contributed by atoms with Crippen molar-refractivity contribution in [2.75, 3.05) is 13.1 Å². The highest BCUT2D eigenvalue weighted by Crippen LogP contribution is 2.31. The summed E-state index contributed by atoms with van der Waals surface area (Å²) in [6, 6.07) is 5.60. The van der Waals surface area contributed by atoms with Gasteiger partial charge in [-0.1, -0.05) is 76.4 Å². The lowest BCUT2D eigenvalue weighted by atomic mass is 9.81. The van der Waals surface area contributed by atoms with E-state index < -0.39 is 64.6 Å². The molecule has 5 amide bonds. The molecule has 246 valence electrons. The van der Waals surface area contributed by atoms with Crippen LogP contribution in [0.2, 0.25) is 0 Å². The lowest BCUT2D eigenvalue weighted by Crippen LogP contribution is -2.63. The number of benzene rings is 1. The van der Waals surface area contributed by atoms with Gasteiger partial charge in [0.2, 0.25) is 17.6 Å². The minimum atomic E-state index is -1.22. The van der Waals surface area contributed by atoms with Crippen LogP contribution in [0.3, 0.4) is 0 Å². The highest BCUT2D eigenvalue weighted by atomic mass is 16.5. The Bertz CT molecular complexity index is 1250. The van der Waals surface area contributed by atoms with Crippen LogP contribution in [-0.2, 0) is 35.3 Å². The molecule has 0 radical (unpaired) electrons. The number of Topliss-reactive ketones (excluding diaryl/α,β-unsaturated/α-hetero) is 1. The third kappa shape index (κ3) is 9.39. The van der Waals surface area contributed by atoms with E-state index in [1.165, 1.54) is 17.9 Å². The molecule has 1 heterocycles. The van der Waals surface area contributed by atoms with Crippen LogP contribution in [0.5, 0.6) is 0 Å². The van der Waals surface area contributed by atoms with E-state index in [1.54, 1.807) is 20.8 Å². The largest absolute Gasteiger partial charge is 0.459 e. The molecule has 1 saturated carbocycles. The fourth-order valence-electron chi connectivity index (χ4n) is 5.72. The van der Waals surface area contributed by atoms with Gasteiger partial charge in [-0.05, 0) is 43.6 Å². The highest BCUT2D eigenvalue weighted by molar-refractivity contribution is 6.38. The van der Waals surface area contributed by atoms with Gasteiger partial charge in [0.25, 0.3) is 5.91 Å². The zero-order chi connectivity index (χ0) is 33.2. The number of likely N-dealkylation sites (tertiary alicyclic amines) is 1. The second-order valence-electron chi connectivity index (χ2n) is 12.9. The van der Waals surface area contributed by atoms with Crippen molar-refractivity contribution in [3.05, 3.63) is 48.6 Å². The number of urea groups is 1. The van der Waals surface area contributed by atoms with Gasteiger partial charge in [-0.3, -0.25) is 19.2 Å². The van der Waals surface area contributed by atoms with Crippen LogP contribution >= 0.6 is 0 Å². The molecule has 0 aromatic heterocycles. The molecule has 12 heteroatoms. The van der Waals surface area contributed by atoms with E-state index in [0.717, 1.165) is 24.8 Å². The zero-order valence-electron chi connectivity index (χ0n) is 26.8. The normalized spacial score (nSPS) is 18.9. The van der Waals surface area contributed by atoms with Crippen LogP contribution < -0.4 is 21.3 Å². The molecule has 3 atom stereocenters. The molecule has 1 saturated heterocycles. The van der Waals surface area contributed by atoms with Crippen LogP contribution in [0.15, 0.2) is 43.0 Å². The lowest BCUT2D eigenvalue weighted by molar-refractivity contribution is -0.154. The maximum absolute atomic E-state index is 13.9. The van der Waals surface area contributed by atoms with E-state index in [4.69, 9.17) is 4.74 Å². The average Bonchev–Trinajstić information content (AvgIpc) is 3.51. The first-order valence-electron chi connectivity index (χ1n) is 15.6. The summed E-state index contributed by atoms with van der Waals surface area (Å²) in [7, 11) is 0. The fraction of sp³-hybridized carbons (Fsp3) is 0.576. The van der Waals surface area contributed by atoms with Crippen molar-refractivity contribution in [3.8, 4) is 0 Å². The lowest BCUT2D eigenvalue weighted by Gasteiger charge is -2.38. The van der Waals surface area contributed by atoms with Crippen LogP contribution in [0.4, 0.5) is 4.79 Å². The molecule has 0 bridgehead atoms. The predicted octanol–water partition coefficient (Wildman–Crippen LogP) is 2.51. The van der Waals surface area contributed by atoms with Gasteiger partial charge in [-0.25, -0.2) is 9.59 Å². The van der Waals surface area contributed by atoms with Gasteiger partial charge in [0.1, 0.15) is 24.2 Å². The number of nitrogens with one attached hydrogen (secondary N) is 4. The van der Waals surface area contributed by atoms with Crippen molar-refractivity contribution in [2.24, 2.45) is 5.41 Å². The standard InChI is InChI=1S/C33H47N5O7/c1-6-19-34-28(41)25(39)22(2)35-27(40)24-16-13-20-38(24)29(42)26(32(3,4)5)36-31(44)37-33(17-11-8-12-18-33)30(43)45-21-23-14-9-7-10-15-23/h6-7,9-10,14-15,22,24,26H,1,8,11-13,16-21H2,2-5H3,(H,34,41)(H,35,40)(H2,36,37,44). The summed E-state index contributed by atoms with van der Waals surface area (Å²) in [6.07, 6.45) is 5.59. The van der Waals surface area contributed by atoms with Crippen molar-refractivity contribution in [3.63, 3.8) is 0 Å². The maximum atomic E-state index is 13.9. The van der Waals surface area contributed by atoms with Gasteiger partial charge >= 0.3 is 12.0 Å². The molecule has 3 rings (SSSR count). The Hall–Kier alpha value is -4.22. The second-order valence-corrected chi connectivity index (χ2v) is 12.9. The molecule has 4 N–H and O–H groups in total. The van der Waals surface area contributed by atoms with Crippen LogP contribution in [0.25, 0.3) is 0 Å². The summed E-state index contributed by atoms with van der Waals surface area (Å²) in [5.41, 5.74) is -1.14. The summed E-state index contributed by atoms with van der Waals surface area (Å²) < 4.78 is 5.64. The number of hydrogen-bond donors (Lipinski definition) is 4. The SMILES string of the molecule is C=CCNC(=O)C(=O)C(C)NC(=O)C1CCCN1C(=O)C(NC(=O)NC1(C(=O)OCc2ccccc2)CCCCC1)C(C)(C)C. The zero-order valence-corrected chi connectivity index (χ0v) is 26.8. The van der Waals surface area contributed by atoms with Crippen molar-refractivity contribution in [2.45, 2.75) is 103 Å². The molecule has 1 aromatic rings. The Labute approximate surface area is 265 Å². The van der Waals surface area contributed by atoms with Crippen LogP contribution in [0.1, 0.15) is 78.2 Å². The Morgan fingerprint density at radius 1 is 1.02 bits per heavy atom. The minimum absolute atomic E-state index is 0.0793. The quantitative estimate of drug-likeness (QED) is 0.158. The molecule has 1 aliphatic heterocycles. The van der Waals surface area contributed by atoms with Crippen molar-refractivity contribution in [1.82, 2.24) is 26.2 Å². The number of amides is 5. The summed E-state index contributed by atoms with van der Waals surface area (Å²) in [6.45, 7) is 10.8. The number of hydrogen-bond acceptors (Lipinski definition) is 7. The molecular formula is C33H47N5O7. The van der Waals surface area contributed by atoms with Gasteiger partial charge in [-0.2, -0.15) is 0 Å². The third-order valence-corrected chi connectivity index (χ3v) is 8.27. The predicted molar refractivity (Wildman–Crippen MR) is 168 cm³/mol. The molecule has 12 nitrogen and oxygen atoms in total. The molecule has 45 heavy (non-hydrogen) atoms. The van der Waals surface area contributed by atoms with Gasteiger partial charge < -0.3 is 30.9 Å². The Morgan fingerprint density at radius 2 is 1.69 bits per heavy atom. The molecule has 2 aliphatic rings. The minimum Gasteiger partial charge on any atom is -0.459 e. The first kappa shape index (κ1) is 35.3. The fourth-order valence-corrected chi connectivity index (χ4v) is 5.72. The second kappa shape index (κ2) is 15.7.